The van der Waals surface area contributed by atoms with Gasteiger partial charge in [-0.1, -0.05) is 12.8 Å². The van der Waals surface area contributed by atoms with Crippen molar-refractivity contribution in [2.24, 2.45) is 23.0 Å². The number of nitroso groups, excluding NO2 is 1. The van der Waals surface area contributed by atoms with E-state index in [-0.39, 0.29) is 5.92 Å². The van der Waals surface area contributed by atoms with Gasteiger partial charge in [-0.05, 0) is 37.5 Å². The van der Waals surface area contributed by atoms with Crippen molar-refractivity contribution < 1.29 is 9.90 Å². The van der Waals surface area contributed by atoms with Crippen molar-refractivity contribution in [3.63, 3.8) is 0 Å². The predicted molar refractivity (Wildman–Crippen MR) is 63.2 cm³/mol. The largest absolute Gasteiger partial charge is 0.481 e. The number of hydrogen-bond acceptors (Lipinski definition) is 3. The average molecular weight is 240 g/mol. The van der Waals surface area contributed by atoms with Crippen molar-refractivity contribution >= 4 is 5.97 Å². The van der Waals surface area contributed by atoms with Crippen LogP contribution in [0.4, 0.5) is 0 Å². The summed E-state index contributed by atoms with van der Waals surface area (Å²) in [6, 6.07) is 0. The maximum atomic E-state index is 11.2. The molecule has 1 heterocycles. The zero-order valence-electron chi connectivity index (χ0n) is 10.0. The second kappa shape index (κ2) is 5.47. The highest BCUT2D eigenvalue weighted by molar-refractivity contribution is 5.70. The van der Waals surface area contributed by atoms with Gasteiger partial charge in [0.2, 0.25) is 0 Å². The van der Waals surface area contributed by atoms with E-state index in [1.54, 1.807) is 5.01 Å². The summed E-state index contributed by atoms with van der Waals surface area (Å²) in [5, 5.41) is 13.8. The monoisotopic (exact) mass is 240 g/mol. The highest BCUT2D eigenvalue weighted by atomic mass is 16.4. The quantitative estimate of drug-likeness (QED) is 0.768. The molecular weight excluding hydrogens is 220 g/mol. The first-order valence-electron chi connectivity index (χ1n) is 6.53. The molecule has 1 N–H and O–H groups in total. The van der Waals surface area contributed by atoms with Gasteiger partial charge in [0, 0.05) is 13.1 Å². The molecule has 0 aromatic carbocycles. The third-order valence-corrected chi connectivity index (χ3v) is 4.37. The molecule has 1 aliphatic carbocycles. The SMILES string of the molecule is O=NN1CCC(C2CCCCC2C(=O)O)CC1. The van der Waals surface area contributed by atoms with Crippen LogP contribution < -0.4 is 0 Å². The van der Waals surface area contributed by atoms with Gasteiger partial charge in [-0.3, -0.25) is 9.80 Å². The minimum atomic E-state index is -0.634. The van der Waals surface area contributed by atoms with Crippen molar-refractivity contribution in [3.05, 3.63) is 4.91 Å². The van der Waals surface area contributed by atoms with E-state index in [1.807, 2.05) is 0 Å². The minimum Gasteiger partial charge on any atom is -0.481 e. The summed E-state index contributed by atoms with van der Waals surface area (Å²) in [6.07, 6.45) is 5.89. The van der Waals surface area contributed by atoms with E-state index in [0.717, 1.165) is 38.5 Å². The molecule has 1 saturated heterocycles. The van der Waals surface area contributed by atoms with Crippen LogP contribution in [-0.4, -0.2) is 29.2 Å². The fourth-order valence-corrected chi connectivity index (χ4v) is 3.43. The minimum absolute atomic E-state index is 0.163. The molecule has 2 atom stereocenters. The number of rotatable bonds is 3. The molecule has 96 valence electrons. The second-order valence-corrected chi connectivity index (χ2v) is 5.27. The van der Waals surface area contributed by atoms with E-state index in [0.29, 0.717) is 24.9 Å². The van der Waals surface area contributed by atoms with Crippen LogP contribution in [0.25, 0.3) is 0 Å². The Morgan fingerprint density at radius 2 is 1.76 bits per heavy atom. The number of aliphatic carboxylic acids is 1. The lowest BCUT2D eigenvalue weighted by molar-refractivity contribution is -0.146. The second-order valence-electron chi connectivity index (χ2n) is 5.27. The maximum Gasteiger partial charge on any atom is 0.306 e. The highest BCUT2D eigenvalue weighted by Crippen LogP contribution is 2.39. The lowest BCUT2D eigenvalue weighted by Gasteiger charge is -2.38. The summed E-state index contributed by atoms with van der Waals surface area (Å²) in [5.74, 6) is -0.0143. The third kappa shape index (κ3) is 2.76. The van der Waals surface area contributed by atoms with Gasteiger partial charge < -0.3 is 5.11 Å². The number of hydrogen-bond donors (Lipinski definition) is 1. The van der Waals surface area contributed by atoms with Gasteiger partial charge >= 0.3 is 5.97 Å². The van der Waals surface area contributed by atoms with E-state index in [4.69, 9.17) is 0 Å². The molecule has 0 amide bonds. The molecule has 0 radical (unpaired) electrons. The Morgan fingerprint density at radius 1 is 1.12 bits per heavy atom. The molecule has 0 aromatic heterocycles. The topological polar surface area (TPSA) is 70.0 Å². The van der Waals surface area contributed by atoms with E-state index in [9.17, 15) is 14.8 Å². The molecular formula is C12H20N2O3. The van der Waals surface area contributed by atoms with Gasteiger partial charge in [-0.2, -0.15) is 0 Å². The number of carboxylic acids is 1. The van der Waals surface area contributed by atoms with Crippen LogP contribution in [0.1, 0.15) is 38.5 Å². The average Bonchev–Trinajstić information content (AvgIpc) is 2.39. The Morgan fingerprint density at radius 3 is 2.35 bits per heavy atom. The Balaban J connectivity index is 1.95. The molecule has 1 saturated carbocycles. The summed E-state index contributed by atoms with van der Waals surface area (Å²) in [4.78, 5) is 21.6. The van der Waals surface area contributed by atoms with Gasteiger partial charge in [-0.15, -0.1) is 4.91 Å². The molecule has 0 spiro atoms. The van der Waals surface area contributed by atoms with Crippen molar-refractivity contribution in [1.82, 2.24) is 5.01 Å². The smallest absolute Gasteiger partial charge is 0.306 e. The van der Waals surface area contributed by atoms with Crippen molar-refractivity contribution in [2.75, 3.05) is 13.1 Å². The van der Waals surface area contributed by atoms with Crippen LogP contribution in [0, 0.1) is 22.7 Å². The van der Waals surface area contributed by atoms with Crippen molar-refractivity contribution in [3.8, 4) is 0 Å². The fraction of sp³-hybridized carbons (Fsp3) is 0.917. The number of nitrogens with zero attached hydrogens (tertiary/aromatic N) is 2. The van der Waals surface area contributed by atoms with Crippen LogP contribution in [0.3, 0.4) is 0 Å². The lowest BCUT2D eigenvalue weighted by Crippen LogP contribution is -2.38. The van der Waals surface area contributed by atoms with Gasteiger partial charge in [-0.25, -0.2) is 0 Å². The summed E-state index contributed by atoms with van der Waals surface area (Å²) < 4.78 is 0. The fourth-order valence-electron chi connectivity index (χ4n) is 3.43. The zero-order chi connectivity index (χ0) is 12.3. The van der Waals surface area contributed by atoms with Crippen LogP contribution in [0.2, 0.25) is 0 Å². The van der Waals surface area contributed by atoms with E-state index in [2.05, 4.69) is 5.29 Å². The van der Waals surface area contributed by atoms with Gasteiger partial charge in [0.15, 0.2) is 0 Å². The van der Waals surface area contributed by atoms with E-state index < -0.39 is 5.97 Å². The van der Waals surface area contributed by atoms with Crippen molar-refractivity contribution in [2.45, 2.75) is 38.5 Å². The van der Waals surface area contributed by atoms with Gasteiger partial charge in [0.05, 0.1) is 11.2 Å². The maximum absolute atomic E-state index is 11.2. The Hall–Kier alpha value is -1.13. The molecule has 1 aliphatic heterocycles. The molecule has 2 rings (SSSR count). The number of piperidine rings is 1. The highest BCUT2D eigenvalue weighted by Gasteiger charge is 2.37. The van der Waals surface area contributed by atoms with Crippen molar-refractivity contribution in [1.29, 1.82) is 0 Å². The summed E-state index contributed by atoms with van der Waals surface area (Å²) in [5.41, 5.74) is 0. The molecule has 2 unspecified atom stereocenters. The number of carbonyl (C=O) groups is 1. The van der Waals surface area contributed by atoms with Gasteiger partial charge in [0.25, 0.3) is 0 Å². The summed E-state index contributed by atoms with van der Waals surface area (Å²) in [7, 11) is 0. The molecule has 17 heavy (non-hydrogen) atoms. The first kappa shape index (κ1) is 12.3. The lowest BCUT2D eigenvalue weighted by atomic mass is 9.69. The van der Waals surface area contributed by atoms with Crippen LogP contribution in [0.15, 0.2) is 5.29 Å². The van der Waals surface area contributed by atoms with Gasteiger partial charge in [0.1, 0.15) is 0 Å². The molecule has 2 fully saturated rings. The Bertz CT molecular complexity index is 287. The molecule has 5 nitrogen and oxygen atoms in total. The van der Waals surface area contributed by atoms with Crippen LogP contribution in [-0.2, 0) is 4.79 Å². The van der Waals surface area contributed by atoms with E-state index in [1.165, 1.54) is 0 Å². The summed E-state index contributed by atoms with van der Waals surface area (Å²) in [6.45, 7) is 1.38. The zero-order valence-corrected chi connectivity index (χ0v) is 10.0. The third-order valence-electron chi connectivity index (χ3n) is 4.37. The van der Waals surface area contributed by atoms with Crippen LogP contribution >= 0.6 is 0 Å². The van der Waals surface area contributed by atoms with Crippen LogP contribution in [0.5, 0.6) is 0 Å². The molecule has 5 heteroatoms. The Kier molecular flexibility index (Phi) is 3.97. The molecule has 2 aliphatic rings. The number of carboxylic acid groups (broad SMARTS) is 1. The standard InChI is InChI=1S/C12H20N2O3/c15-12(16)11-4-2-1-3-10(11)9-5-7-14(13-17)8-6-9/h9-11H,1-8H2,(H,15,16). The Labute approximate surface area is 101 Å². The normalized spacial score (nSPS) is 31.2. The van der Waals surface area contributed by atoms with E-state index >= 15 is 0 Å². The first-order chi connectivity index (χ1) is 8.22. The first-order valence-corrected chi connectivity index (χ1v) is 6.53. The summed E-state index contributed by atoms with van der Waals surface area (Å²) >= 11 is 0. The molecule has 0 aromatic rings. The molecule has 0 bridgehead atoms. The predicted octanol–water partition coefficient (Wildman–Crippen LogP) is 2.27.